The highest BCUT2D eigenvalue weighted by Crippen LogP contribution is 2.09. The minimum absolute atomic E-state index is 0. The van der Waals surface area contributed by atoms with E-state index in [1.807, 2.05) is 13.0 Å². The first-order chi connectivity index (χ1) is 8.08. The van der Waals surface area contributed by atoms with E-state index < -0.39 is 6.92 Å². The number of aromatic hydroxyl groups is 1. The predicted octanol–water partition coefficient (Wildman–Crippen LogP) is 2.72. The van der Waals surface area contributed by atoms with Gasteiger partial charge in [0.05, 0.1) is 0 Å². The number of phenolic OH excluding ortho intramolecular Hbond substituents is 1. The van der Waals surface area contributed by atoms with Crippen molar-refractivity contribution in [1.29, 1.82) is 0 Å². The van der Waals surface area contributed by atoms with Gasteiger partial charge in [0.1, 0.15) is 5.75 Å². The van der Waals surface area contributed by atoms with Gasteiger partial charge in [-0.3, -0.25) is 0 Å². The van der Waals surface area contributed by atoms with Crippen molar-refractivity contribution in [2.75, 3.05) is 0 Å². The number of benzene rings is 2. The Morgan fingerprint density at radius 2 is 1.58 bits per heavy atom. The van der Waals surface area contributed by atoms with Crippen molar-refractivity contribution in [3.63, 3.8) is 0 Å². The molecule has 0 aliphatic carbocycles. The Morgan fingerprint density at radius 1 is 1.00 bits per heavy atom. The van der Waals surface area contributed by atoms with E-state index in [0.717, 1.165) is 16.5 Å². The summed E-state index contributed by atoms with van der Waals surface area (Å²) in [4.78, 5) is 0. The molecular formula is C15H20BClO2. The maximum absolute atomic E-state index is 10.2. The van der Waals surface area contributed by atoms with Gasteiger partial charge in [-0.05, 0) is 42.1 Å². The standard InChI is InChI=1S/C13H12BClO2.2CH4/c1-9-2-5-11(15)8-13(9)14(17)10-3-6-12(16)7-4-10;;/h2-8,16-17H,1H3;2*1H4. The Kier molecular flexibility index (Phi) is 6.67. The van der Waals surface area contributed by atoms with Gasteiger partial charge in [0, 0.05) is 5.02 Å². The summed E-state index contributed by atoms with van der Waals surface area (Å²) in [5.74, 6) is 0.184. The van der Waals surface area contributed by atoms with Gasteiger partial charge in [-0.25, -0.2) is 0 Å². The van der Waals surface area contributed by atoms with Gasteiger partial charge < -0.3 is 10.1 Å². The molecule has 0 aromatic heterocycles. The summed E-state index contributed by atoms with van der Waals surface area (Å²) >= 11 is 5.92. The van der Waals surface area contributed by atoms with E-state index in [1.165, 1.54) is 0 Å². The van der Waals surface area contributed by atoms with E-state index in [-0.39, 0.29) is 20.6 Å². The summed E-state index contributed by atoms with van der Waals surface area (Å²) in [6.45, 7) is 1.20. The lowest BCUT2D eigenvalue weighted by atomic mass is 9.55. The molecule has 2 aromatic carbocycles. The summed E-state index contributed by atoms with van der Waals surface area (Å²) in [5, 5.41) is 20.1. The molecule has 2 N–H and O–H groups in total. The van der Waals surface area contributed by atoms with Crippen molar-refractivity contribution < 1.29 is 10.1 Å². The molecule has 4 heteroatoms. The molecule has 0 spiro atoms. The van der Waals surface area contributed by atoms with Crippen molar-refractivity contribution >= 4 is 29.4 Å². The maximum Gasteiger partial charge on any atom is 0.359 e. The van der Waals surface area contributed by atoms with Crippen LogP contribution < -0.4 is 10.9 Å². The van der Waals surface area contributed by atoms with Gasteiger partial charge >= 0.3 is 6.92 Å². The van der Waals surface area contributed by atoms with Crippen LogP contribution in [0.15, 0.2) is 42.5 Å². The highest BCUT2D eigenvalue weighted by Gasteiger charge is 2.19. The molecule has 0 aliphatic rings. The quantitative estimate of drug-likeness (QED) is 0.829. The Bertz CT molecular complexity index is 526. The van der Waals surface area contributed by atoms with Gasteiger partial charge in [-0.15, -0.1) is 0 Å². The van der Waals surface area contributed by atoms with Crippen molar-refractivity contribution in [1.82, 2.24) is 0 Å². The number of hydrogen-bond donors (Lipinski definition) is 2. The number of hydrogen-bond acceptors (Lipinski definition) is 2. The third kappa shape index (κ3) is 4.02. The van der Waals surface area contributed by atoms with Crippen LogP contribution in [0.1, 0.15) is 20.4 Å². The Hall–Kier alpha value is -1.45. The number of halogens is 1. The van der Waals surface area contributed by atoms with Crippen LogP contribution in [0, 0.1) is 6.92 Å². The first kappa shape index (κ1) is 17.6. The zero-order valence-electron chi connectivity index (χ0n) is 9.39. The molecule has 0 bridgehead atoms. The summed E-state index contributed by atoms with van der Waals surface area (Å²) in [5.41, 5.74) is 2.49. The predicted molar refractivity (Wildman–Crippen MR) is 85.0 cm³/mol. The lowest BCUT2D eigenvalue weighted by Crippen LogP contribution is -2.43. The minimum atomic E-state index is -0.728. The van der Waals surface area contributed by atoms with Gasteiger partial charge in [0.2, 0.25) is 0 Å². The summed E-state index contributed by atoms with van der Waals surface area (Å²) in [6.07, 6.45) is 0. The molecule has 0 unspecified atom stereocenters. The smallest absolute Gasteiger partial charge is 0.359 e. The molecule has 0 fully saturated rings. The average Bonchev–Trinajstić information content (AvgIpc) is 2.32. The van der Waals surface area contributed by atoms with Crippen LogP contribution in [0.5, 0.6) is 5.75 Å². The van der Waals surface area contributed by atoms with Gasteiger partial charge in [0.15, 0.2) is 0 Å². The number of aryl methyl sites for hydroxylation is 1. The molecule has 0 saturated heterocycles. The molecule has 102 valence electrons. The highest BCUT2D eigenvalue weighted by molar-refractivity contribution is 6.79. The summed E-state index contributed by atoms with van der Waals surface area (Å²) in [6, 6.07) is 11.9. The van der Waals surface area contributed by atoms with Crippen LogP contribution in [0.2, 0.25) is 5.02 Å². The van der Waals surface area contributed by atoms with Gasteiger partial charge in [0.25, 0.3) is 0 Å². The Balaban J connectivity index is 0.00000162. The summed E-state index contributed by atoms with van der Waals surface area (Å²) < 4.78 is 0. The fourth-order valence-corrected chi connectivity index (χ4v) is 1.92. The maximum atomic E-state index is 10.2. The fraction of sp³-hybridized carbons (Fsp3) is 0.200. The molecule has 0 aliphatic heterocycles. The van der Waals surface area contributed by atoms with Crippen molar-refractivity contribution in [3.05, 3.63) is 53.1 Å². The van der Waals surface area contributed by atoms with E-state index in [1.54, 1.807) is 36.4 Å². The van der Waals surface area contributed by atoms with Crippen LogP contribution in [-0.2, 0) is 0 Å². The number of rotatable bonds is 2. The second-order valence-corrected chi connectivity index (χ2v) is 4.43. The van der Waals surface area contributed by atoms with Crippen LogP contribution in [0.4, 0.5) is 0 Å². The van der Waals surface area contributed by atoms with Crippen molar-refractivity contribution in [2.45, 2.75) is 21.8 Å². The second-order valence-electron chi connectivity index (χ2n) is 3.99. The molecule has 0 amide bonds. The molecule has 0 saturated carbocycles. The Morgan fingerprint density at radius 3 is 2.16 bits per heavy atom. The summed E-state index contributed by atoms with van der Waals surface area (Å²) in [7, 11) is 0. The Labute approximate surface area is 120 Å². The van der Waals surface area contributed by atoms with E-state index >= 15 is 0 Å². The second kappa shape index (κ2) is 7.22. The lowest BCUT2D eigenvalue weighted by Gasteiger charge is -2.11. The SMILES string of the molecule is C.C.Cc1ccc(Cl)cc1B(O)c1ccc(O)cc1. The average molecular weight is 279 g/mol. The molecule has 0 heterocycles. The van der Waals surface area contributed by atoms with E-state index in [2.05, 4.69) is 0 Å². The topological polar surface area (TPSA) is 40.5 Å². The van der Waals surface area contributed by atoms with Crippen LogP contribution in [0.25, 0.3) is 0 Å². The third-order valence-electron chi connectivity index (χ3n) is 2.74. The van der Waals surface area contributed by atoms with Crippen LogP contribution in [0.3, 0.4) is 0 Å². The zero-order valence-corrected chi connectivity index (χ0v) is 10.1. The largest absolute Gasteiger partial charge is 0.508 e. The lowest BCUT2D eigenvalue weighted by molar-refractivity contribution is 0.475. The third-order valence-corrected chi connectivity index (χ3v) is 2.98. The minimum Gasteiger partial charge on any atom is -0.508 e. The van der Waals surface area contributed by atoms with Crippen molar-refractivity contribution in [2.24, 2.45) is 0 Å². The monoisotopic (exact) mass is 278 g/mol. The molecule has 2 rings (SSSR count). The van der Waals surface area contributed by atoms with Crippen LogP contribution >= 0.6 is 11.6 Å². The molecule has 0 atom stereocenters. The first-order valence-electron chi connectivity index (χ1n) is 5.31. The van der Waals surface area contributed by atoms with E-state index in [4.69, 9.17) is 11.6 Å². The molecule has 2 aromatic rings. The van der Waals surface area contributed by atoms with Gasteiger partial charge in [-0.2, -0.15) is 0 Å². The normalized spacial score (nSPS) is 9.21. The van der Waals surface area contributed by atoms with Crippen molar-refractivity contribution in [3.8, 4) is 5.75 Å². The van der Waals surface area contributed by atoms with Crippen LogP contribution in [-0.4, -0.2) is 17.0 Å². The first-order valence-corrected chi connectivity index (χ1v) is 5.69. The van der Waals surface area contributed by atoms with Gasteiger partial charge in [-0.1, -0.05) is 50.2 Å². The van der Waals surface area contributed by atoms with E-state index in [0.29, 0.717) is 5.02 Å². The molecular weight excluding hydrogens is 258 g/mol. The fourth-order valence-electron chi connectivity index (χ4n) is 1.74. The molecule has 0 radical (unpaired) electrons. The zero-order chi connectivity index (χ0) is 12.4. The van der Waals surface area contributed by atoms with E-state index in [9.17, 15) is 10.1 Å². The molecule has 2 nitrogen and oxygen atoms in total. The number of phenols is 1. The molecule has 19 heavy (non-hydrogen) atoms. The highest BCUT2D eigenvalue weighted by atomic mass is 35.5.